The van der Waals surface area contributed by atoms with E-state index in [0.717, 1.165) is 22.2 Å². The van der Waals surface area contributed by atoms with Gasteiger partial charge in [-0.2, -0.15) is 0 Å². The van der Waals surface area contributed by atoms with Crippen molar-refractivity contribution in [2.75, 3.05) is 6.54 Å². The van der Waals surface area contributed by atoms with Crippen molar-refractivity contribution in [3.63, 3.8) is 0 Å². The Morgan fingerprint density at radius 2 is 2.10 bits per heavy atom. The average Bonchev–Trinajstić information content (AvgIpc) is 3.29. The number of rotatable bonds is 8. The number of urea groups is 1. The topological polar surface area (TPSA) is 107 Å². The van der Waals surface area contributed by atoms with Gasteiger partial charge >= 0.3 is 6.03 Å². The number of carbonyl (C=O) groups is 3. The third-order valence-corrected chi connectivity index (χ3v) is 5.53. The summed E-state index contributed by atoms with van der Waals surface area (Å²) in [6, 6.07) is 9.91. The number of hydrogen-bond acceptors (Lipinski definition) is 4. The molecule has 1 fully saturated rings. The fourth-order valence-corrected chi connectivity index (χ4v) is 3.80. The van der Waals surface area contributed by atoms with Crippen molar-refractivity contribution in [2.45, 2.75) is 31.8 Å². The second-order valence-corrected chi connectivity index (χ2v) is 7.82. The molecular formula is C22H22ClN5O3. The molecule has 0 radical (unpaired) electrons. The lowest BCUT2D eigenvalue weighted by Gasteiger charge is -2.12. The molecule has 1 saturated heterocycles. The second-order valence-electron chi connectivity index (χ2n) is 7.38. The van der Waals surface area contributed by atoms with E-state index in [9.17, 15) is 14.4 Å². The van der Waals surface area contributed by atoms with Crippen molar-refractivity contribution in [1.82, 2.24) is 25.5 Å². The second kappa shape index (κ2) is 9.18. The van der Waals surface area contributed by atoms with E-state index in [2.05, 4.69) is 20.6 Å². The van der Waals surface area contributed by atoms with Crippen LogP contribution >= 0.6 is 11.6 Å². The predicted molar refractivity (Wildman–Crippen MR) is 116 cm³/mol. The van der Waals surface area contributed by atoms with E-state index >= 15 is 0 Å². The first-order valence-electron chi connectivity index (χ1n) is 10.1. The van der Waals surface area contributed by atoms with Gasteiger partial charge in [-0.05, 0) is 48.7 Å². The van der Waals surface area contributed by atoms with E-state index in [4.69, 9.17) is 11.6 Å². The Morgan fingerprint density at radius 3 is 2.90 bits per heavy atom. The van der Waals surface area contributed by atoms with E-state index in [1.807, 2.05) is 30.5 Å². The summed E-state index contributed by atoms with van der Waals surface area (Å²) in [6.07, 6.45) is 4.42. The molecule has 1 unspecified atom stereocenters. The maximum atomic E-state index is 12.7. The highest BCUT2D eigenvalue weighted by atomic mass is 35.5. The first-order valence-corrected chi connectivity index (χ1v) is 10.4. The number of pyridine rings is 1. The van der Waals surface area contributed by atoms with Gasteiger partial charge in [0.25, 0.3) is 5.91 Å². The number of nitrogens with zero attached hydrogens (tertiary/aromatic N) is 2. The molecule has 31 heavy (non-hydrogen) atoms. The van der Waals surface area contributed by atoms with Crippen LogP contribution in [0, 0.1) is 0 Å². The van der Waals surface area contributed by atoms with Gasteiger partial charge in [-0.1, -0.05) is 17.7 Å². The molecule has 3 N–H and O–H groups in total. The molecule has 160 valence electrons. The third-order valence-electron chi connectivity index (χ3n) is 5.29. The fourth-order valence-electron chi connectivity index (χ4n) is 3.63. The molecule has 3 heterocycles. The number of hydrogen-bond donors (Lipinski definition) is 3. The summed E-state index contributed by atoms with van der Waals surface area (Å²) in [4.78, 5) is 45.5. The van der Waals surface area contributed by atoms with E-state index in [0.29, 0.717) is 18.0 Å². The average molecular weight is 440 g/mol. The van der Waals surface area contributed by atoms with Crippen LogP contribution < -0.4 is 10.6 Å². The summed E-state index contributed by atoms with van der Waals surface area (Å²) in [5, 5.41) is 7.05. The van der Waals surface area contributed by atoms with Crippen LogP contribution in [0.25, 0.3) is 10.9 Å². The summed E-state index contributed by atoms with van der Waals surface area (Å²) in [5.41, 5.74) is 2.69. The Kier molecular flexibility index (Phi) is 6.18. The van der Waals surface area contributed by atoms with Gasteiger partial charge in [-0.3, -0.25) is 19.5 Å². The van der Waals surface area contributed by atoms with Crippen molar-refractivity contribution in [2.24, 2.45) is 0 Å². The number of halogens is 1. The van der Waals surface area contributed by atoms with Crippen molar-refractivity contribution in [1.29, 1.82) is 0 Å². The van der Waals surface area contributed by atoms with Crippen molar-refractivity contribution >= 4 is 40.3 Å². The number of H-pyrrole nitrogens is 1. The highest BCUT2D eigenvalue weighted by Gasteiger charge is 2.37. The quantitative estimate of drug-likeness (QED) is 0.469. The predicted octanol–water partition coefficient (Wildman–Crippen LogP) is 2.78. The van der Waals surface area contributed by atoms with Crippen LogP contribution in [0.15, 0.2) is 48.8 Å². The molecule has 1 atom stereocenters. The maximum absolute atomic E-state index is 12.7. The van der Waals surface area contributed by atoms with Crippen molar-refractivity contribution in [3.05, 3.63) is 65.1 Å². The van der Waals surface area contributed by atoms with E-state index in [1.165, 1.54) is 4.90 Å². The van der Waals surface area contributed by atoms with Crippen molar-refractivity contribution in [3.8, 4) is 0 Å². The van der Waals surface area contributed by atoms with Crippen LogP contribution in [0.5, 0.6) is 0 Å². The Labute approximate surface area is 184 Å². The monoisotopic (exact) mass is 439 g/mol. The number of imide groups is 1. The van der Waals surface area contributed by atoms with Gasteiger partial charge in [0.2, 0.25) is 5.91 Å². The molecule has 1 aliphatic heterocycles. The summed E-state index contributed by atoms with van der Waals surface area (Å²) >= 11 is 6.08. The van der Waals surface area contributed by atoms with Crippen LogP contribution in [0.3, 0.4) is 0 Å². The molecule has 0 saturated carbocycles. The lowest BCUT2D eigenvalue weighted by atomic mass is 10.1. The van der Waals surface area contributed by atoms with Gasteiger partial charge in [0.1, 0.15) is 6.04 Å². The van der Waals surface area contributed by atoms with Gasteiger partial charge in [-0.25, -0.2) is 4.79 Å². The minimum atomic E-state index is -0.689. The van der Waals surface area contributed by atoms with Gasteiger partial charge in [0, 0.05) is 41.3 Å². The van der Waals surface area contributed by atoms with Crippen LogP contribution in [0.4, 0.5) is 4.79 Å². The normalized spacial score (nSPS) is 16.0. The largest absolute Gasteiger partial charge is 0.361 e. The lowest BCUT2D eigenvalue weighted by molar-refractivity contribution is -0.127. The molecule has 3 aromatic rings. The number of carbonyl (C=O) groups excluding carboxylic acids is 3. The summed E-state index contributed by atoms with van der Waals surface area (Å²) in [7, 11) is 0. The minimum absolute atomic E-state index is 0.137. The number of amides is 4. The first-order chi connectivity index (χ1) is 15.0. The summed E-state index contributed by atoms with van der Waals surface area (Å²) in [6.45, 7) is 0.581. The fraction of sp³-hybridized carbons (Fsp3) is 0.273. The zero-order valence-corrected chi connectivity index (χ0v) is 17.5. The number of fused-ring (bicyclic) bond motifs is 1. The summed E-state index contributed by atoms with van der Waals surface area (Å²) < 4.78 is 0. The van der Waals surface area contributed by atoms with Gasteiger partial charge in [-0.15, -0.1) is 0 Å². The SMILES string of the molecule is O=C(CCC1NC(=O)N(CCc2c[nH]c3ccc(Cl)cc23)C1=O)NCc1ccccn1. The van der Waals surface area contributed by atoms with Gasteiger partial charge < -0.3 is 15.6 Å². The molecule has 0 spiro atoms. The zero-order chi connectivity index (χ0) is 21.8. The van der Waals surface area contributed by atoms with E-state index in [1.54, 1.807) is 18.3 Å². The zero-order valence-electron chi connectivity index (χ0n) is 16.7. The highest BCUT2D eigenvalue weighted by Crippen LogP contribution is 2.23. The van der Waals surface area contributed by atoms with Crippen LogP contribution in [0.1, 0.15) is 24.1 Å². The molecule has 0 bridgehead atoms. The highest BCUT2D eigenvalue weighted by molar-refractivity contribution is 6.31. The molecule has 1 aliphatic rings. The molecule has 8 nitrogen and oxygen atoms in total. The number of aromatic amines is 1. The Morgan fingerprint density at radius 1 is 1.23 bits per heavy atom. The van der Waals surface area contributed by atoms with Gasteiger partial charge in [0.05, 0.1) is 12.2 Å². The van der Waals surface area contributed by atoms with E-state index in [-0.39, 0.29) is 31.2 Å². The number of aromatic nitrogens is 2. The molecule has 9 heteroatoms. The molecule has 2 aromatic heterocycles. The third kappa shape index (κ3) is 4.86. The molecular weight excluding hydrogens is 418 g/mol. The van der Waals surface area contributed by atoms with Gasteiger partial charge in [0.15, 0.2) is 0 Å². The molecule has 4 rings (SSSR count). The smallest absolute Gasteiger partial charge is 0.324 e. The Hall–Kier alpha value is -3.39. The maximum Gasteiger partial charge on any atom is 0.324 e. The summed E-state index contributed by atoms with van der Waals surface area (Å²) in [5.74, 6) is -0.498. The molecule has 4 amide bonds. The van der Waals surface area contributed by atoms with Crippen molar-refractivity contribution < 1.29 is 14.4 Å². The minimum Gasteiger partial charge on any atom is -0.361 e. The standard InChI is InChI=1S/C22H22ClN5O3/c23-15-4-5-18-17(11-15)14(12-25-18)8-10-28-21(30)19(27-22(28)31)6-7-20(29)26-13-16-3-1-2-9-24-16/h1-5,9,11-12,19,25H,6-8,10,13H2,(H,26,29)(H,27,31). The molecule has 1 aromatic carbocycles. The van der Waals surface area contributed by atoms with Crippen LogP contribution in [0.2, 0.25) is 5.02 Å². The van der Waals surface area contributed by atoms with Crippen LogP contribution in [-0.4, -0.2) is 45.3 Å². The number of benzene rings is 1. The first kappa shape index (κ1) is 20.9. The van der Waals surface area contributed by atoms with Crippen LogP contribution in [-0.2, 0) is 22.6 Å². The Bertz CT molecular complexity index is 1110. The van der Waals surface area contributed by atoms with E-state index < -0.39 is 12.1 Å². The number of nitrogens with one attached hydrogen (secondary N) is 3. The Balaban J connectivity index is 1.28. The molecule has 0 aliphatic carbocycles. The lowest BCUT2D eigenvalue weighted by Crippen LogP contribution is -2.34.